The van der Waals surface area contributed by atoms with Crippen LogP contribution in [0, 0.1) is 0 Å². The summed E-state index contributed by atoms with van der Waals surface area (Å²) in [6.07, 6.45) is 3.76. The van der Waals surface area contributed by atoms with Crippen LogP contribution in [0.3, 0.4) is 0 Å². The molecular weight excluding hydrogens is 569 g/mol. The molecule has 0 aliphatic carbocycles. The van der Waals surface area contributed by atoms with Crippen molar-refractivity contribution in [2.45, 2.75) is 6.42 Å². The zero-order valence-corrected chi connectivity index (χ0v) is 24.4. The topological polar surface area (TPSA) is 121 Å². The van der Waals surface area contributed by atoms with Gasteiger partial charge in [-0.15, -0.1) is 5.10 Å². The van der Waals surface area contributed by atoms with E-state index in [0.29, 0.717) is 17.9 Å². The SMILES string of the molecule is CN1CCN(c2ccc(-n3cc(C(=O)NCCCN4CCOCC4)nn3)cc2NC(=O)c2cnc(Cl)cc2Cl)CC1. The third-order valence-corrected chi connectivity index (χ3v) is 7.69. The highest BCUT2D eigenvalue weighted by atomic mass is 35.5. The Hall–Kier alpha value is -3.29. The molecule has 2 amide bonds. The highest BCUT2D eigenvalue weighted by Crippen LogP contribution is 2.31. The summed E-state index contributed by atoms with van der Waals surface area (Å²) in [5.41, 5.74) is 2.50. The van der Waals surface area contributed by atoms with Gasteiger partial charge in [0.05, 0.1) is 47.1 Å². The van der Waals surface area contributed by atoms with Gasteiger partial charge in [-0.25, -0.2) is 9.67 Å². The molecule has 12 nitrogen and oxygen atoms in total. The van der Waals surface area contributed by atoms with E-state index in [4.69, 9.17) is 27.9 Å². The minimum atomic E-state index is -0.414. The molecule has 0 saturated carbocycles. The first-order chi connectivity index (χ1) is 19.9. The molecule has 2 fully saturated rings. The van der Waals surface area contributed by atoms with Gasteiger partial charge in [-0.3, -0.25) is 14.5 Å². The number of nitrogens with one attached hydrogen (secondary N) is 2. The Morgan fingerprint density at radius 2 is 1.80 bits per heavy atom. The van der Waals surface area contributed by atoms with E-state index >= 15 is 0 Å². The second-order valence-corrected chi connectivity index (χ2v) is 10.8. The number of carbonyl (C=O) groups is 2. The molecule has 2 N–H and O–H groups in total. The van der Waals surface area contributed by atoms with Gasteiger partial charge in [-0.05, 0) is 44.3 Å². The van der Waals surface area contributed by atoms with Crippen LogP contribution in [0.5, 0.6) is 0 Å². The lowest BCUT2D eigenvalue weighted by Gasteiger charge is -2.35. The van der Waals surface area contributed by atoms with Gasteiger partial charge in [-0.2, -0.15) is 0 Å². The predicted molar refractivity (Wildman–Crippen MR) is 157 cm³/mol. The van der Waals surface area contributed by atoms with Crippen LogP contribution in [0.2, 0.25) is 10.2 Å². The lowest BCUT2D eigenvalue weighted by Crippen LogP contribution is -2.44. The molecule has 2 aliphatic rings. The van der Waals surface area contributed by atoms with Gasteiger partial charge in [-0.1, -0.05) is 28.4 Å². The fraction of sp³-hybridized carbons (Fsp3) is 0.444. The normalized spacial score (nSPS) is 16.5. The number of rotatable bonds is 9. The van der Waals surface area contributed by atoms with Crippen LogP contribution < -0.4 is 15.5 Å². The number of amides is 2. The van der Waals surface area contributed by atoms with Gasteiger partial charge >= 0.3 is 0 Å². The number of hydrogen-bond acceptors (Lipinski definition) is 9. The van der Waals surface area contributed by atoms with Crippen LogP contribution in [0.25, 0.3) is 5.69 Å². The van der Waals surface area contributed by atoms with E-state index in [2.05, 4.69) is 47.7 Å². The maximum Gasteiger partial charge on any atom is 0.273 e. The Kier molecular flexibility index (Phi) is 9.68. The number of piperazine rings is 1. The molecule has 5 rings (SSSR count). The van der Waals surface area contributed by atoms with Crippen molar-refractivity contribution in [2.24, 2.45) is 0 Å². The number of aromatic nitrogens is 4. The van der Waals surface area contributed by atoms with Crippen LogP contribution in [-0.4, -0.2) is 114 Å². The summed E-state index contributed by atoms with van der Waals surface area (Å²) in [6.45, 7) is 8.20. The van der Waals surface area contributed by atoms with E-state index in [0.717, 1.165) is 71.1 Å². The Labute approximate surface area is 248 Å². The van der Waals surface area contributed by atoms with E-state index in [1.54, 1.807) is 6.20 Å². The summed E-state index contributed by atoms with van der Waals surface area (Å²) in [5.74, 6) is -0.701. The molecule has 14 heteroatoms. The fourth-order valence-corrected chi connectivity index (χ4v) is 5.22. The molecule has 0 atom stereocenters. The average Bonchev–Trinajstić information content (AvgIpc) is 3.47. The van der Waals surface area contributed by atoms with Crippen molar-refractivity contribution in [1.82, 2.24) is 35.1 Å². The lowest BCUT2D eigenvalue weighted by atomic mass is 10.1. The van der Waals surface area contributed by atoms with Crippen molar-refractivity contribution >= 4 is 46.4 Å². The van der Waals surface area contributed by atoms with Gasteiger partial charge in [0, 0.05) is 52.0 Å². The summed E-state index contributed by atoms with van der Waals surface area (Å²) >= 11 is 12.2. The average molecular weight is 603 g/mol. The molecule has 2 saturated heterocycles. The third-order valence-electron chi connectivity index (χ3n) is 7.17. The Bertz CT molecular complexity index is 1370. The van der Waals surface area contributed by atoms with Gasteiger partial charge in [0.25, 0.3) is 11.8 Å². The number of hydrogen-bond donors (Lipinski definition) is 2. The first-order valence-electron chi connectivity index (χ1n) is 13.6. The quantitative estimate of drug-likeness (QED) is 0.281. The summed E-state index contributed by atoms with van der Waals surface area (Å²) in [5, 5.41) is 14.5. The molecule has 2 aromatic heterocycles. The van der Waals surface area contributed by atoms with Crippen molar-refractivity contribution in [3.8, 4) is 5.69 Å². The second-order valence-electron chi connectivity index (χ2n) is 10.0. The van der Waals surface area contributed by atoms with Crippen LogP contribution in [0.15, 0.2) is 36.7 Å². The van der Waals surface area contributed by atoms with E-state index in [1.807, 2.05) is 18.2 Å². The zero-order chi connectivity index (χ0) is 28.8. The Morgan fingerprint density at radius 1 is 1.02 bits per heavy atom. The fourth-order valence-electron chi connectivity index (χ4n) is 4.77. The Balaban J connectivity index is 1.30. The molecule has 3 aromatic rings. The van der Waals surface area contributed by atoms with Crippen molar-refractivity contribution in [2.75, 3.05) is 82.8 Å². The molecule has 0 bridgehead atoms. The largest absolute Gasteiger partial charge is 0.379 e. The highest BCUT2D eigenvalue weighted by molar-refractivity contribution is 6.36. The first kappa shape index (κ1) is 29.2. The van der Waals surface area contributed by atoms with E-state index in [-0.39, 0.29) is 27.3 Å². The van der Waals surface area contributed by atoms with Crippen molar-refractivity contribution < 1.29 is 14.3 Å². The zero-order valence-electron chi connectivity index (χ0n) is 22.9. The highest BCUT2D eigenvalue weighted by Gasteiger charge is 2.21. The van der Waals surface area contributed by atoms with E-state index in [9.17, 15) is 9.59 Å². The number of anilines is 2. The molecule has 41 heavy (non-hydrogen) atoms. The number of morpholine rings is 1. The van der Waals surface area contributed by atoms with Gasteiger partial charge in [0.1, 0.15) is 5.15 Å². The van der Waals surface area contributed by atoms with Crippen LogP contribution in [0.4, 0.5) is 11.4 Å². The van der Waals surface area contributed by atoms with Crippen molar-refractivity contribution in [3.05, 3.63) is 58.1 Å². The van der Waals surface area contributed by atoms with E-state index in [1.165, 1.54) is 16.9 Å². The molecule has 2 aliphatic heterocycles. The smallest absolute Gasteiger partial charge is 0.273 e. The lowest BCUT2D eigenvalue weighted by molar-refractivity contribution is 0.0374. The van der Waals surface area contributed by atoms with E-state index < -0.39 is 5.91 Å². The molecule has 0 spiro atoms. The molecule has 0 unspecified atom stereocenters. The Morgan fingerprint density at radius 3 is 2.56 bits per heavy atom. The van der Waals surface area contributed by atoms with Gasteiger partial charge in [0.15, 0.2) is 5.69 Å². The van der Waals surface area contributed by atoms with Crippen LogP contribution >= 0.6 is 23.2 Å². The third kappa shape index (κ3) is 7.52. The van der Waals surface area contributed by atoms with Crippen LogP contribution in [-0.2, 0) is 4.74 Å². The summed E-state index contributed by atoms with van der Waals surface area (Å²) in [7, 11) is 2.08. The molecule has 0 radical (unpaired) electrons. The van der Waals surface area contributed by atoms with Crippen LogP contribution in [0.1, 0.15) is 27.3 Å². The molecule has 1 aromatic carbocycles. The number of pyridine rings is 1. The second kappa shape index (κ2) is 13.6. The number of nitrogens with zero attached hydrogens (tertiary/aromatic N) is 7. The van der Waals surface area contributed by atoms with Gasteiger partial charge in [0.2, 0.25) is 0 Å². The number of halogens is 2. The standard InChI is InChI=1S/C27H33Cl2N9O3/c1-35-7-9-37(10-8-35)24-4-3-19(15-22(24)32-26(39)20-17-31-25(29)16-21(20)28)38-18-23(33-34-38)27(40)30-5-2-6-36-11-13-41-14-12-36/h3-4,15-18H,2,5-14H2,1H3,(H,30,40)(H,32,39). The summed E-state index contributed by atoms with van der Waals surface area (Å²) < 4.78 is 6.89. The molecule has 4 heterocycles. The minimum absolute atomic E-state index is 0.204. The number of carbonyl (C=O) groups excluding carboxylic acids is 2. The predicted octanol–water partition coefficient (Wildman–Crippen LogP) is 2.43. The first-order valence-corrected chi connectivity index (χ1v) is 14.3. The number of ether oxygens (including phenoxy) is 1. The van der Waals surface area contributed by atoms with Gasteiger partial charge < -0.3 is 25.2 Å². The summed E-state index contributed by atoms with van der Waals surface area (Å²) in [4.78, 5) is 36.7. The number of likely N-dealkylation sites (N-methyl/N-ethyl adjacent to an activating group) is 1. The molecular formula is C27H33Cl2N9O3. The maximum atomic E-state index is 13.2. The minimum Gasteiger partial charge on any atom is -0.379 e. The summed E-state index contributed by atoms with van der Waals surface area (Å²) in [6, 6.07) is 7.06. The monoisotopic (exact) mass is 601 g/mol. The molecule has 218 valence electrons. The maximum absolute atomic E-state index is 13.2. The van der Waals surface area contributed by atoms with Crippen molar-refractivity contribution in [3.63, 3.8) is 0 Å². The number of benzene rings is 1. The van der Waals surface area contributed by atoms with Crippen molar-refractivity contribution in [1.29, 1.82) is 0 Å².